The topological polar surface area (TPSA) is 75.6 Å². The molecule has 0 unspecified atom stereocenters. The first-order valence-corrected chi connectivity index (χ1v) is 7.75. The number of benzene rings is 1. The zero-order chi connectivity index (χ0) is 15.7. The van der Waals surface area contributed by atoms with Crippen LogP contribution in [-0.2, 0) is 15.1 Å². The first-order valence-electron chi connectivity index (χ1n) is 7.75. The summed E-state index contributed by atoms with van der Waals surface area (Å²) in [5, 5.41) is 13.0. The first-order chi connectivity index (χ1) is 10.6. The van der Waals surface area contributed by atoms with Crippen molar-refractivity contribution in [3.05, 3.63) is 35.4 Å². The fourth-order valence-electron chi connectivity index (χ4n) is 2.93. The maximum Gasteiger partial charge on any atom is 0.337 e. The third-order valence-corrected chi connectivity index (χ3v) is 4.84. The Balaban J connectivity index is 1.68. The van der Waals surface area contributed by atoms with Crippen molar-refractivity contribution in [1.82, 2.24) is 5.32 Å². The lowest BCUT2D eigenvalue weighted by atomic mass is 9.80. The van der Waals surface area contributed by atoms with E-state index in [0.29, 0.717) is 5.56 Å². The van der Waals surface area contributed by atoms with Gasteiger partial charge >= 0.3 is 5.97 Å². The maximum atomic E-state index is 12.2. The lowest BCUT2D eigenvalue weighted by molar-refractivity contribution is -0.134. The molecular formula is C17H21NO4. The number of aliphatic hydroxyl groups excluding tert-OH is 1. The van der Waals surface area contributed by atoms with Gasteiger partial charge < -0.3 is 15.2 Å². The molecule has 2 aliphatic rings. The van der Waals surface area contributed by atoms with Gasteiger partial charge in [-0.25, -0.2) is 4.79 Å². The van der Waals surface area contributed by atoms with Crippen LogP contribution in [0.2, 0.25) is 0 Å². The first kappa shape index (κ1) is 15.0. The second-order valence-electron chi connectivity index (χ2n) is 6.28. The number of amides is 1. The van der Waals surface area contributed by atoms with Crippen LogP contribution in [-0.4, -0.2) is 30.2 Å². The summed E-state index contributed by atoms with van der Waals surface area (Å²) in [6, 6.07) is 7.09. The monoisotopic (exact) mass is 303 g/mol. The van der Waals surface area contributed by atoms with Crippen LogP contribution in [0, 0.1) is 5.92 Å². The molecule has 5 nitrogen and oxygen atoms in total. The molecule has 2 fully saturated rings. The summed E-state index contributed by atoms with van der Waals surface area (Å²) < 4.78 is 4.68. The van der Waals surface area contributed by atoms with Crippen molar-refractivity contribution in [3.8, 4) is 0 Å². The average molecular weight is 303 g/mol. The summed E-state index contributed by atoms with van der Waals surface area (Å²) in [5.74, 6) is -0.544. The zero-order valence-electron chi connectivity index (χ0n) is 12.7. The fraction of sp³-hybridized carbons (Fsp3) is 0.529. The van der Waals surface area contributed by atoms with Gasteiger partial charge in [0.1, 0.15) is 6.10 Å². The van der Waals surface area contributed by atoms with E-state index < -0.39 is 6.10 Å². The highest BCUT2D eigenvalue weighted by Crippen LogP contribution is 2.46. The minimum Gasteiger partial charge on any atom is -0.465 e. The zero-order valence-corrected chi connectivity index (χ0v) is 12.7. The predicted molar refractivity (Wildman–Crippen MR) is 80.2 cm³/mol. The third-order valence-electron chi connectivity index (χ3n) is 4.84. The molecule has 118 valence electrons. The number of hydrogen-bond donors (Lipinski definition) is 2. The van der Waals surface area contributed by atoms with Crippen LogP contribution < -0.4 is 5.32 Å². The molecule has 1 atom stereocenters. The highest BCUT2D eigenvalue weighted by Gasteiger charge is 2.47. The number of carbonyl (C=O) groups is 2. The molecule has 1 aromatic rings. The molecule has 0 radical (unpaired) electrons. The molecule has 2 N–H and O–H groups in total. The lowest BCUT2D eigenvalue weighted by Gasteiger charge is -2.30. The van der Waals surface area contributed by atoms with Gasteiger partial charge in [0.05, 0.1) is 18.2 Å². The van der Waals surface area contributed by atoms with Crippen molar-refractivity contribution in [1.29, 1.82) is 0 Å². The summed E-state index contributed by atoms with van der Waals surface area (Å²) in [6.45, 7) is 0. The molecule has 22 heavy (non-hydrogen) atoms. The van der Waals surface area contributed by atoms with Crippen molar-refractivity contribution in [2.75, 3.05) is 7.11 Å². The second kappa shape index (κ2) is 5.72. The molecule has 0 saturated heterocycles. The number of carbonyl (C=O) groups excluding carboxylic acids is 2. The smallest absolute Gasteiger partial charge is 0.337 e. The minimum absolute atomic E-state index is 0.109. The van der Waals surface area contributed by atoms with Crippen molar-refractivity contribution >= 4 is 11.9 Å². The predicted octanol–water partition coefficient (Wildman–Crippen LogP) is 1.74. The Kier molecular flexibility index (Phi) is 3.91. The highest BCUT2D eigenvalue weighted by atomic mass is 16.5. The van der Waals surface area contributed by atoms with Gasteiger partial charge in [0.15, 0.2) is 0 Å². The van der Waals surface area contributed by atoms with Gasteiger partial charge in [-0.15, -0.1) is 0 Å². The van der Waals surface area contributed by atoms with Gasteiger partial charge in [-0.1, -0.05) is 18.6 Å². The Hall–Kier alpha value is -1.88. The van der Waals surface area contributed by atoms with Crippen LogP contribution in [0.5, 0.6) is 0 Å². The van der Waals surface area contributed by atoms with E-state index in [9.17, 15) is 14.7 Å². The SMILES string of the molecule is COC(=O)c1ccc(C2(NC(=O)[C@@H](O)C3CCC3)CC2)cc1. The third kappa shape index (κ3) is 2.73. The normalized spacial score (nSPS) is 20.6. The van der Waals surface area contributed by atoms with Gasteiger partial charge in [-0.2, -0.15) is 0 Å². The Morgan fingerprint density at radius 1 is 1.27 bits per heavy atom. The van der Waals surface area contributed by atoms with Crippen LogP contribution in [0.15, 0.2) is 24.3 Å². The lowest BCUT2D eigenvalue weighted by Crippen LogP contribution is -2.46. The largest absolute Gasteiger partial charge is 0.465 e. The number of nitrogens with one attached hydrogen (secondary N) is 1. The average Bonchev–Trinajstić information content (AvgIpc) is 3.25. The standard InChI is InChI=1S/C17H21NO4/c1-22-16(21)12-5-7-13(8-6-12)17(9-10-17)18-15(20)14(19)11-3-2-4-11/h5-8,11,14,19H,2-4,9-10H2,1H3,(H,18,20)/t14-/m0/s1. The van der Waals surface area contributed by atoms with Crippen LogP contribution in [0.25, 0.3) is 0 Å². The fourth-order valence-corrected chi connectivity index (χ4v) is 2.93. The van der Waals surface area contributed by atoms with Gasteiger partial charge in [0, 0.05) is 0 Å². The van der Waals surface area contributed by atoms with Crippen LogP contribution in [0.1, 0.15) is 48.0 Å². The summed E-state index contributed by atoms with van der Waals surface area (Å²) in [7, 11) is 1.35. The van der Waals surface area contributed by atoms with E-state index in [2.05, 4.69) is 10.1 Å². The molecule has 1 aromatic carbocycles. The van der Waals surface area contributed by atoms with E-state index >= 15 is 0 Å². The molecule has 2 saturated carbocycles. The van der Waals surface area contributed by atoms with E-state index in [1.807, 2.05) is 12.1 Å². The Bertz CT molecular complexity index is 573. The molecule has 3 rings (SSSR count). The van der Waals surface area contributed by atoms with Crippen LogP contribution in [0.4, 0.5) is 0 Å². The van der Waals surface area contributed by atoms with Gasteiger partial charge in [-0.3, -0.25) is 4.79 Å². The van der Waals surface area contributed by atoms with Crippen molar-refractivity contribution in [3.63, 3.8) is 0 Å². The molecule has 0 heterocycles. The highest BCUT2D eigenvalue weighted by molar-refractivity contribution is 5.89. The van der Waals surface area contributed by atoms with E-state index in [0.717, 1.165) is 37.7 Å². The van der Waals surface area contributed by atoms with E-state index in [-0.39, 0.29) is 23.3 Å². The van der Waals surface area contributed by atoms with E-state index in [1.165, 1.54) is 7.11 Å². The minimum atomic E-state index is -0.902. The van der Waals surface area contributed by atoms with E-state index in [4.69, 9.17) is 0 Å². The molecule has 0 aliphatic heterocycles. The molecule has 2 aliphatic carbocycles. The van der Waals surface area contributed by atoms with E-state index in [1.54, 1.807) is 12.1 Å². The van der Waals surface area contributed by atoms with Gasteiger partial charge in [-0.05, 0) is 49.3 Å². The Morgan fingerprint density at radius 2 is 1.91 bits per heavy atom. The number of hydrogen-bond acceptors (Lipinski definition) is 4. The summed E-state index contributed by atoms with van der Waals surface area (Å²) in [4.78, 5) is 23.6. The number of ether oxygens (including phenoxy) is 1. The summed E-state index contributed by atoms with van der Waals surface area (Å²) in [6.07, 6.45) is 3.75. The van der Waals surface area contributed by atoms with Crippen LogP contribution >= 0.6 is 0 Å². The van der Waals surface area contributed by atoms with Crippen molar-refractivity contribution < 1.29 is 19.4 Å². The van der Waals surface area contributed by atoms with Crippen LogP contribution in [0.3, 0.4) is 0 Å². The summed E-state index contributed by atoms with van der Waals surface area (Å²) in [5.41, 5.74) is 1.08. The number of methoxy groups -OCH3 is 1. The molecule has 0 bridgehead atoms. The quantitative estimate of drug-likeness (QED) is 0.812. The Morgan fingerprint density at radius 3 is 2.36 bits per heavy atom. The number of esters is 1. The Labute approximate surface area is 129 Å². The van der Waals surface area contributed by atoms with Gasteiger partial charge in [0.25, 0.3) is 0 Å². The molecule has 0 aromatic heterocycles. The van der Waals surface area contributed by atoms with Crippen molar-refractivity contribution in [2.24, 2.45) is 5.92 Å². The number of aliphatic hydroxyl groups is 1. The van der Waals surface area contributed by atoms with Gasteiger partial charge in [0.2, 0.25) is 5.91 Å². The number of rotatable bonds is 5. The maximum absolute atomic E-state index is 12.2. The summed E-state index contributed by atoms with van der Waals surface area (Å²) >= 11 is 0. The molecular weight excluding hydrogens is 282 g/mol. The molecule has 1 amide bonds. The van der Waals surface area contributed by atoms with Crippen molar-refractivity contribution in [2.45, 2.75) is 43.7 Å². The second-order valence-corrected chi connectivity index (χ2v) is 6.28. The molecule has 5 heteroatoms. The molecule has 0 spiro atoms.